The lowest BCUT2D eigenvalue weighted by molar-refractivity contribution is -0.385. The van der Waals surface area contributed by atoms with E-state index in [1.165, 1.54) is 13.0 Å². The minimum atomic E-state index is -0.864. The zero-order chi connectivity index (χ0) is 23.7. The third-order valence-electron chi connectivity index (χ3n) is 5.89. The van der Waals surface area contributed by atoms with Crippen molar-refractivity contribution in [2.75, 3.05) is 13.1 Å². The number of phenols is 1. The van der Waals surface area contributed by atoms with Gasteiger partial charge in [0.05, 0.1) is 4.92 Å². The number of carbonyl (C=O) groups is 1. The number of nitrogens with one attached hydrogen (secondary N) is 1. The number of fused-ring (bicyclic) bond motifs is 1. The van der Waals surface area contributed by atoms with Crippen molar-refractivity contribution in [3.05, 3.63) is 78.6 Å². The van der Waals surface area contributed by atoms with Gasteiger partial charge in [0, 0.05) is 47.7 Å². The summed E-state index contributed by atoms with van der Waals surface area (Å²) in [6.45, 7) is 3.76. The smallest absolute Gasteiger partial charge is 0.349 e. The van der Waals surface area contributed by atoms with E-state index in [0.717, 1.165) is 44.1 Å². The van der Waals surface area contributed by atoms with E-state index in [2.05, 4.69) is 10.2 Å². The molecule has 1 aliphatic rings. The van der Waals surface area contributed by atoms with Crippen molar-refractivity contribution in [1.82, 2.24) is 10.2 Å². The number of rotatable bonds is 5. The Morgan fingerprint density at radius 1 is 1.27 bits per heavy atom. The lowest BCUT2D eigenvalue weighted by Crippen LogP contribution is -2.45. The van der Waals surface area contributed by atoms with Gasteiger partial charge < -0.3 is 14.8 Å². The standard InChI is InChI=1S/C23H22ClN3O6/c1-13-20(28)19(27(31)32)11-15-10-18(23(30)33-21(13)15)22(29)25-17-6-8-26(9-7-17)12-14-2-4-16(24)5-3-14/h2-5,10-11,17,28H,6-9,12H2,1H3,(H,25,29). The zero-order valence-corrected chi connectivity index (χ0v) is 18.6. The highest BCUT2D eigenvalue weighted by Crippen LogP contribution is 2.35. The minimum Gasteiger partial charge on any atom is -0.502 e. The van der Waals surface area contributed by atoms with Gasteiger partial charge >= 0.3 is 11.3 Å². The van der Waals surface area contributed by atoms with E-state index in [4.69, 9.17) is 16.0 Å². The highest BCUT2D eigenvalue weighted by Gasteiger charge is 2.25. The zero-order valence-electron chi connectivity index (χ0n) is 17.8. The molecule has 0 unspecified atom stereocenters. The molecule has 1 aliphatic heterocycles. The predicted molar refractivity (Wildman–Crippen MR) is 123 cm³/mol. The molecule has 1 saturated heterocycles. The lowest BCUT2D eigenvalue weighted by Gasteiger charge is -2.32. The molecule has 0 aliphatic carbocycles. The minimum absolute atomic E-state index is 0.00941. The molecule has 0 radical (unpaired) electrons. The summed E-state index contributed by atoms with van der Waals surface area (Å²) in [6.07, 6.45) is 1.44. The third kappa shape index (κ3) is 4.84. The molecule has 2 heterocycles. The molecule has 0 spiro atoms. The molecule has 10 heteroatoms. The van der Waals surface area contributed by atoms with Gasteiger partial charge in [-0.05, 0) is 43.5 Å². The largest absolute Gasteiger partial charge is 0.502 e. The van der Waals surface area contributed by atoms with Crippen LogP contribution in [0.1, 0.15) is 34.3 Å². The maximum Gasteiger partial charge on any atom is 0.349 e. The van der Waals surface area contributed by atoms with Crippen molar-refractivity contribution in [3.8, 4) is 5.75 Å². The van der Waals surface area contributed by atoms with Crippen LogP contribution in [0.4, 0.5) is 5.69 Å². The van der Waals surface area contributed by atoms with Gasteiger partial charge in [0.2, 0.25) is 5.75 Å². The number of halogens is 1. The summed E-state index contributed by atoms with van der Waals surface area (Å²) in [7, 11) is 0. The molecule has 1 fully saturated rings. The normalized spacial score (nSPS) is 15.0. The van der Waals surface area contributed by atoms with Crippen LogP contribution in [0.3, 0.4) is 0 Å². The maximum absolute atomic E-state index is 12.8. The molecule has 172 valence electrons. The fourth-order valence-corrected chi connectivity index (χ4v) is 4.17. The summed E-state index contributed by atoms with van der Waals surface area (Å²) >= 11 is 5.93. The molecule has 33 heavy (non-hydrogen) atoms. The molecule has 0 atom stereocenters. The van der Waals surface area contributed by atoms with Gasteiger partial charge in [0.15, 0.2) is 0 Å². The quantitative estimate of drug-likeness (QED) is 0.329. The van der Waals surface area contributed by atoms with E-state index in [-0.39, 0.29) is 28.1 Å². The van der Waals surface area contributed by atoms with Crippen LogP contribution in [0, 0.1) is 17.0 Å². The first kappa shape index (κ1) is 22.8. The van der Waals surface area contributed by atoms with Gasteiger partial charge in [0.1, 0.15) is 11.1 Å². The number of nitro groups is 1. The predicted octanol–water partition coefficient (Wildman–Crippen LogP) is 3.76. The Kier molecular flexibility index (Phi) is 6.35. The SMILES string of the molecule is Cc1c(O)c([N+](=O)[O-])cc2cc(C(=O)NC3CCN(Cc4ccc(Cl)cc4)CC3)c(=O)oc12. The number of nitrogens with zero attached hydrogens (tertiary/aromatic N) is 2. The molecule has 3 aromatic rings. The second-order valence-corrected chi connectivity index (χ2v) is 8.58. The maximum atomic E-state index is 12.8. The van der Waals surface area contributed by atoms with Crippen molar-refractivity contribution >= 4 is 34.2 Å². The third-order valence-corrected chi connectivity index (χ3v) is 6.14. The summed E-state index contributed by atoms with van der Waals surface area (Å²) in [5.74, 6) is -1.16. The number of hydrogen-bond acceptors (Lipinski definition) is 7. The van der Waals surface area contributed by atoms with E-state index < -0.39 is 27.9 Å². The summed E-state index contributed by atoms with van der Waals surface area (Å²) in [6, 6.07) is 9.94. The number of aryl methyl sites for hydroxylation is 1. The van der Waals surface area contributed by atoms with Crippen LogP contribution in [0.15, 0.2) is 45.6 Å². The van der Waals surface area contributed by atoms with Crippen LogP contribution < -0.4 is 10.9 Å². The number of amides is 1. The number of nitro benzene ring substituents is 1. The first-order valence-electron chi connectivity index (χ1n) is 10.5. The Labute approximate surface area is 193 Å². The number of aromatic hydroxyl groups is 1. The molecule has 4 rings (SSSR count). The van der Waals surface area contributed by atoms with Crippen molar-refractivity contribution in [2.24, 2.45) is 0 Å². The molecule has 9 nitrogen and oxygen atoms in total. The van der Waals surface area contributed by atoms with E-state index >= 15 is 0 Å². The number of likely N-dealkylation sites (tertiary alicyclic amines) is 1. The second-order valence-electron chi connectivity index (χ2n) is 8.14. The van der Waals surface area contributed by atoms with E-state index in [1.54, 1.807) is 0 Å². The fraction of sp³-hybridized carbons (Fsp3) is 0.304. The number of piperidine rings is 1. The lowest BCUT2D eigenvalue weighted by atomic mass is 10.0. The Hall–Kier alpha value is -3.43. The second kappa shape index (κ2) is 9.21. The van der Waals surface area contributed by atoms with Crippen LogP contribution in [0.25, 0.3) is 11.0 Å². The van der Waals surface area contributed by atoms with Gasteiger partial charge in [-0.15, -0.1) is 0 Å². The molecule has 0 bridgehead atoms. The van der Waals surface area contributed by atoms with E-state index in [0.29, 0.717) is 5.02 Å². The first-order valence-corrected chi connectivity index (χ1v) is 10.8. The molecule has 0 saturated carbocycles. The fourth-order valence-electron chi connectivity index (χ4n) is 4.05. The molecule has 1 aromatic heterocycles. The number of phenolic OH excluding ortho intramolecular Hbond substituents is 1. The van der Waals surface area contributed by atoms with Gasteiger partial charge in [-0.3, -0.25) is 19.8 Å². The average molecular weight is 472 g/mol. The van der Waals surface area contributed by atoms with Crippen molar-refractivity contribution in [2.45, 2.75) is 32.4 Å². The monoisotopic (exact) mass is 471 g/mol. The van der Waals surface area contributed by atoms with E-state index in [1.807, 2.05) is 24.3 Å². The Bertz CT molecular complexity index is 1280. The van der Waals surface area contributed by atoms with Gasteiger partial charge in [-0.2, -0.15) is 0 Å². The Morgan fingerprint density at radius 2 is 1.94 bits per heavy atom. The summed E-state index contributed by atoms with van der Waals surface area (Å²) in [5, 5.41) is 24.9. The topological polar surface area (TPSA) is 126 Å². The average Bonchev–Trinajstić information content (AvgIpc) is 2.79. The van der Waals surface area contributed by atoms with Crippen LogP contribution >= 0.6 is 11.6 Å². The van der Waals surface area contributed by atoms with Crippen molar-refractivity contribution in [3.63, 3.8) is 0 Å². The molecular weight excluding hydrogens is 450 g/mol. The molecule has 1 amide bonds. The summed E-state index contributed by atoms with van der Waals surface area (Å²) < 4.78 is 5.22. The molecule has 2 aromatic carbocycles. The number of hydrogen-bond donors (Lipinski definition) is 2. The Balaban J connectivity index is 1.45. The molecule has 2 N–H and O–H groups in total. The highest BCUT2D eigenvalue weighted by atomic mass is 35.5. The van der Waals surface area contributed by atoms with Crippen LogP contribution in [0.2, 0.25) is 5.02 Å². The number of benzene rings is 2. The van der Waals surface area contributed by atoms with Crippen molar-refractivity contribution in [1.29, 1.82) is 0 Å². The summed E-state index contributed by atoms with van der Waals surface area (Å²) in [4.78, 5) is 37.9. The van der Waals surface area contributed by atoms with Gasteiger partial charge in [-0.1, -0.05) is 23.7 Å². The van der Waals surface area contributed by atoms with Crippen molar-refractivity contribution < 1.29 is 19.2 Å². The summed E-state index contributed by atoms with van der Waals surface area (Å²) in [5.41, 5.74) is -0.382. The number of carbonyl (C=O) groups excluding carboxylic acids is 1. The van der Waals surface area contributed by atoms with E-state index in [9.17, 15) is 24.8 Å². The van der Waals surface area contributed by atoms with Crippen LogP contribution in [-0.2, 0) is 6.54 Å². The van der Waals surface area contributed by atoms with Gasteiger partial charge in [0.25, 0.3) is 5.91 Å². The Morgan fingerprint density at radius 3 is 2.58 bits per heavy atom. The molecular formula is C23H22ClN3O6. The van der Waals surface area contributed by atoms with Gasteiger partial charge in [-0.25, -0.2) is 4.79 Å². The van der Waals surface area contributed by atoms with Crippen LogP contribution in [-0.4, -0.2) is 40.0 Å². The first-order chi connectivity index (χ1) is 15.7. The highest BCUT2D eigenvalue weighted by molar-refractivity contribution is 6.30. The van der Waals surface area contributed by atoms with Crippen LogP contribution in [0.5, 0.6) is 5.75 Å².